The predicted octanol–water partition coefficient (Wildman–Crippen LogP) is 0.573. The predicted molar refractivity (Wildman–Crippen MR) is 96.1 cm³/mol. The molecule has 0 spiro atoms. The van der Waals surface area contributed by atoms with Crippen LogP contribution < -0.4 is 16.6 Å². The number of rotatable bonds is 7. The maximum Gasteiger partial charge on any atom is 0.329 e. The molecular weight excluding hydrogens is 346 g/mol. The maximum absolute atomic E-state index is 12.7. The highest BCUT2D eigenvalue weighted by molar-refractivity contribution is 7.98. The Hall–Kier alpha value is -2.55. The van der Waals surface area contributed by atoms with E-state index < -0.39 is 35.2 Å². The van der Waals surface area contributed by atoms with Gasteiger partial charge < -0.3 is 15.4 Å². The Kier molecular flexibility index (Phi) is 6.02. The number of aromatic nitrogens is 2. The molecule has 0 aliphatic rings. The van der Waals surface area contributed by atoms with Crippen LogP contribution in [0.3, 0.4) is 0 Å². The second-order valence-electron chi connectivity index (χ2n) is 5.52. The van der Waals surface area contributed by atoms with E-state index >= 15 is 0 Å². The van der Waals surface area contributed by atoms with E-state index in [0.717, 1.165) is 4.57 Å². The van der Waals surface area contributed by atoms with E-state index in [-0.39, 0.29) is 11.8 Å². The molecule has 1 aromatic carbocycles. The van der Waals surface area contributed by atoms with Crippen molar-refractivity contribution < 1.29 is 14.7 Å². The summed E-state index contributed by atoms with van der Waals surface area (Å²) in [5, 5.41) is 11.6. The SMILES string of the molecule is CSCC[C@@H](C(=O)N[C@@H](C)C(=O)O)n1c(=O)[nH]c2ccccc2c1=O. The van der Waals surface area contributed by atoms with Gasteiger partial charge in [-0.15, -0.1) is 0 Å². The number of carboxylic acids is 1. The van der Waals surface area contributed by atoms with Crippen molar-refractivity contribution in [1.29, 1.82) is 0 Å². The first-order chi connectivity index (χ1) is 11.9. The summed E-state index contributed by atoms with van der Waals surface area (Å²) in [6.45, 7) is 1.32. The Morgan fingerprint density at radius 2 is 2.00 bits per heavy atom. The van der Waals surface area contributed by atoms with Crippen LogP contribution >= 0.6 is 11.8 Å². The summed E-state index contributed by atoms with van der Waals surface area (Å²) < 4.78 is 0.864. The van der Waals surface area contributed by atoms with Gasteiger partial charge in [-0.1, -0.05) is 12.1 Å². The van der Waals surface area contributed by atoms with Crippen molar-refractivity contribution in [2.45, 2.75) is 25.4 Å². The van der Waals surface area contributed by atoms with Crippen molar-refractivity contribution in [3.8, 4) is 0 Å². The fraction of sp³-hybridized carbons (Fsp3) is 0.375. The third-order valence-corrected chi connectivity index (χ3v) is 4.42. The van der Waals surface area contributed by atoms with E-state index in [1.165, 1.54) is 18.7 Å². The van der Waals surface area contributed by atoms with Crippen molar-refractivity contribution in [3.05, 3.63) is 45.1 Å². The number of hydrogen-bond donors (Lipinski definition) is 3. The zero-order valence-electron chi connectivity index (χ0n) is 13.8. The molecule has 0 fully saturated rings. The third-order valence-electron chi connectivity index (χ3n) is 3.78. The summed E-state index contributed by atoms with van der Waals surface area (Å²) in [7, 11) is 0. The van der Waals surface area contributed by atoms with Crippen molar-refractivity contribution in [2.24, 2.45) is 0 Å². The van der Waals surface area contributed by atoms with Gasteiger partial charge in [0.05, 0.1) is 10.9 Å². The van der Waals surface area contributed by atoms with Gasteiger partial charge in [-0.2, -0.15) is 11.8 Å². The first kappa shape index (κ1) is 18.8. The number of aromatic amines is 1. The molecule has 2 atom stereocenters. The van der Waals surface area contributed by atoms with Crippen LogP contribution in [0.15, 0.2) is 33.9 Å². The van der Waals surface area contributed by atoms with Gasteiger partial charge in [0.1, 0.15) is 12.1 Å². The van der Waals surface area contributed by atoms with Gasteiger partial charge in [-0.3, -0.25) is 14.4 Å². The highest BCUT2D eigenvalue weighted by atomic mass is 32.2. The number of para-hydroxylation sites is 1. The van der Waals surface area contributed by atoms with Crippen molar-refractivity contribution >= 4 is 34.5 Å². The van der Waals surface area contributed by atoms with Crippen LogP contribution in [-0.2, 0) is 9.59 Å². The number of fused-ring (bicyclic) bond motifs is 1. The Morgan fingerprint density at radius 1 is 1.32 bits per heavy atom. The largest absolute Gasteiger partial charge is 0.480 e. The second kappa shape index (κ2) is 8.02. The molecular formula is C16H19N3O5S. The van der Waals surface area contributed by atoms with Crippen LogP contribution in [0.1, 0.15) is 19.4 Å². The van der Waals surface area contributed by atoms with Gasteiger partial charge in [0.25, 0.3) is 5.56 Å². The minimum absolute atomic E-state index is 0.223. The molecule has 1 aromatic heterocycles. The summed E-state index contributed by atoms with van der Waals surface area (Å²) >= 11 is 1.46. The number of carboxylic acid groups (broad SMARTS) is 1. The van der Waals surface area contributed by atoms with E-state index in [0.29, 0.717) is 11.3 Å². The fourth-order valence-electron chi connectivity index (χ4n) is 2.44. The van der Waals surface area contributed by atoms with Crippen LogP contribution in [0.2, 0.25) is 0 Å². The normalized spacial score (nSPS) is 13.4. The van der Waals surface area contributed by atoms with Crippen molar-refractivity contribution in [2.75, 3.05) is 12.0 Å². The monoisotopic (exact) mass is 365 g/mol. The highest BCUT2D eigenvalue weighted by Crippen LogP contribution is 2.13. The van der Waals surface area contributed by atoms with Gasteiger partial charge in [0, 0.05) is 0 Å². The highest BCUT2D eigenvalue weighted by Gasteiger charge is 2.27. The number of H-pyrrole nitrogens is 1. The van der Waals surface area contributed by atoms with Gasteiger partial charge >= 0.3 is 11.7 Å². The molecule has 0 aliphatic heterocycles. The minimum atomic E-state index is -1.20. The Labute approximate surface area is 147 Å². The average molecular weight is 365 g/mol. The fourth-order valence-corrected chi connectivity index (χ4v) is 2.90. The smallest absolute Gasteiger partial charge is 0.329 e. The summed E-state index contributed by atoms with van der Waals surface area (Å²) in [5.74, 6) is -1.35. The van der Waals surface area contributed by atoms with E-state index in [1.54, 1.807) is 24.3 Å². The molecule has 0 aliphatic carbocycles. The van der Waals surface area contributed by atoms with Crippen LogP contribution in [-0.4, -0.2) is 44.6 Å². The molecule has 0 unspecified atom stereocenters. The number of carbonyl (C=O) groups excluding carboxylic acids is 1. The van der Waals surface area contributed by atoms with E-state index in [2.05, 4.69) is 10.3 Å². The van der Waals surface area contributed by atoms with Crippen LogP contribution in [0.25, 0.3) is 10.9 Å². The molecule has 0 saturated carbocycles. The third kappa shape index (κ3) is 4.11. The molecule has 1 heterocycles. The molecule has 3 N–H and O–H groups in total. The van der Waals surface area contributed by atoms with Crippen molar-refractivity contribution in [3.63, 3.8) is 0 Å². The van der Waals surface area contributed by atoms with Crippen LogP contribution in [0.4, 0.5) is 0 Å². The first-order valence-corrected chi connectivity index (χ1v) is 9.02. The molecule has 8 nitrogen and oxygen atoms in total. The quantitative estimate of drug-likeness (QED) is 0.660. The summed E-state index contributed by atoms with van der Waals surface area (Å²) in [6.07, 6.45) is 2.06. The van der Waals surface area contributed by atoms with Gasteiger partial charge in [-0.05, 0) is 37.5 Å². The number of aliphatic carboxylic acids is 1. The van der Waals surface area contributed by atoms with Crippen molar-refractivity contribution in [1.82, 2.24) is 14.9 Å². The molecule has 2 aromatic rings. The summed E-state index contributed by atoms with van der Waals surface area (Å²) in [5.41, 5.74) is -0.895. The number of amides is 1. The number of nitrogens with one attached hydrogen (secondary N) is 2. The summed E-state index contributed by atoms with van der Waals surface area (Å²) in [6, 6.07) is 4.30. The van der Waals surface area contributed by atoms with Crippen LogP contribution in [0.5, 0.6) is 0 Å². The molecule has 25 heavy (non-hydrogen) atoms. The lowest BCUT2D eigenvalue weighted by Gasteiger charge is -2.20. The number of carbonyl (C=O) groups is 2. The molecule has 0 bridgehead atoms. The van der Waals surface area contributed by atoms with E-state index in [4.69, 9.17) is 5.11 Å². The van der Waals surface area contributed by atoms with Crippen LogP contribution in [0, 0.1) is 0 Å². The standard InChI is InChI=1S/C16H19N3O5S/c1-9(15(22)23)17-13(20)12(7-8-25-2)19-14(21)10-5-3-4-6-11(10)18-16(19)24/h3-6,9,12H,7-8H2,1-2H3,(H,17,20)(H,18,24)(H,22,23)/t9-,12-/m0/s1. The Morgan fingerprint density at radius 3 is 2.64 bits per heavy atom. The molecule has 2 rings (SSSR count). The molecule has 9 heteroatoms. The number of thioether (sulfide) groups is 1. The Bertz CT molecular complexity index is 905. The van der Waals surface area contributed by atoms with E-state index in [1.807, 2.05) is 6.26 Å². The maximum atomic E-state index is 12.7. The minimum Gasteiger partial charge on any atom is -0.480 e. The molecule has 134 valence electrons. The topological polar surface area (TPSA) is 121 Å². The lowest BCUT2D eigenvalue weighted by molar-refractivity contribution is -0.141. The first-order valence-electron chi connectivity index (χ1n) is 7.62. The average Bonchev–Trinajstić information content (AvgIpc) is 2.57. The number of nitrogens with zero attached hydrogens (tertiary/aromatic N) is 1. The lowest BCUT2D eigenvalue weighted by Crippen LogP contribution is -2.48. The zero-order chi connectivity index (χ0) is 18.6. The van der Waals surface area contributed by atoms with Gasteiger partial charge in [0.15, 0.2) is 0 Å². The number of benzene rings is 1. The van der Waals surface area contributed by atoms with E-state index in [9.17, 15) is 19.2 Å². The molecule has 0 radical (unpaired) electrons. The van der Waals surface area contributed by atoms with Gasteiger partial charge in [0.2, 0.25) is 5.91 Å². The molecule has 0 saturated heterocycles. The Balaban J connectivity index is 2.53. The summed E-state index contributed by atoms with van der Waals surface area (Å²) in [4.78, 5) is 51.2. The second-order valence-corrected chi connectivity index (χ2v) is 6.50. The molecule has 1 amide bonds. The lowest BCUT2D eigenvalue weighted by atomic mass is 10.1. The zero-order valence-corrected chi connectivity index (χ0v) is 14.6. The van der Waals surface area contributed by atoms with Gasteiger partial charge in [-0.25, -0.2) is 9.36 Å². The number of hydrogen-bond acceptors (Lipinski definition) is 5.